The Morgan fingerprint density at radius 2 is 2.19 bits per heavy atom. The second-order valence-corrected chi connectivity index (χ2v) is 7.07. The molecule has 2 fully saturated rings. The highest BCUT2D eigenvalue weighted by Gasteiger charge is 2.36. The van der Waals surface area contributed by atoms with E-state index in [9.17, 15) is 5.11 Å². The number of ether oxygens (including phenoxy) is 1. The fourth-order valence-corrected chi connectivity index (χ4v) is 3.58. The zero-order valence-corrected chi connectivity index (χ0v) is 13.5. The molecule has 1 aliphatic heterocycles. The van der Waals surface area contributed by atoms with Gasteiger partial charge in [0.1, 0.15) is 0 Å². The van der Waals surface area contributed by atoms with Gasteiger partial charge in [-0.3, -0.25) is 0 Å². The molecule has 21 heavy (non-hydrogen) atoms. The normalized spacial score (nSPS) is 25.6. The Hall–Kier alpha value is -0.320. The summed E-state index contributed by atoms with van der Waals surface area (Å²) in [5.74, 6) is 0.365. The van der Waals surface area contributed by atoms with Crippen molar-refractivity contribution in [2.45, 2.75) is 37.3 Å². The zero-order valence-electron chi connectivity index (χ0n) is 11.9. The van der Waals surface area contributed by atoms with E-state index in [4.69, 9.17) is 27.9 Å². The van der Waals surface area contributed by atoms with Gasteiger partial charge in [0.2, 0.25) is 0 Å². The molecule has 116 valence electrons. The first-order chi connectivity index (χ1) is 10.1. The van der Waals surface area contributed by atoms with E-state index in [0.717, 1.165) is 44.5 Å². The predicted octanol–water partition coefficient (Wildman–Crippen LogP) is 3.58. The molecule has 2 atom stereocenters. The maximum atomic E-state index is 10.3. The summed E-state index contributed by atoms with van der Waals surface area (Å²) in [6.45, 7) is 2.10. The molecule has 1 heterocycles. The zero-order chi connectivity index (χ0) is 14.9. The average Bonchev–Trinajstić information content (AvgIpc) is 2.95. The smallest absolute Gasteiger partial charge is 0.0771 e. The third-order valence-electron chi connectivity index (χ3n) is 4.66. The lowest BCUT2D eigenvalue weighted by molar-refractivity contribution is -0.0347. The molecule has 0 bridgehead atoms. The van der Waals surface area contributed by atoms with E-state index in [1.54, 1.807) is 6.07 Å². The minimum absolute atomic E-state index is 0.0725. The SMILES string of the molecule is OC1(CNC(c2cc(Cl)ccc2Cl)C2CCOC2)CCC1. The molecule has 0 aromatic heterocycles. The van der Waals surface area contributed by atoms with Gasteiger partial charge in [0.15, 0.2) is 0 Å². The summed E-state index contributed by atoms with van der Waals surface area (Å²) in [4.78, 5) is 0. The molecule has 3 rings (SSSR count). The van der Waals surface area contributed by atoms with E-state index < -0.39 is 5.60 Å². The van der Waals surface area contributed by atoms with Gasteiger partial charge in [0.25, 0.3) is 0 Å². The van der Waals surface area contributed by atoms with Crippen molar-refractivity contribution >= 4 is 23.2 Å². The quantitative estimate of drug-likeness (QED) is 0.867. The summed E-state index contributed by atoms with van der Waals surface area (Å²) in [5, 5.41) is 15.2. The van der Waals surface area contributed by atoms with Crippen LogP contribution in [0.15, 0.2) is 18.2 Å². The Morgan fingerprint density at radius 3 is 2.81 bits per heavy atom. The van der Waals surface area contributed by atoms with E-state index in [-0.39, 0.29) is 6.04 Å². The van der Waals surface area contributed by atoms with E-state index >= 15 is 0 Å². The first kappa shape index (κ1) is 15.6. The fourth-order valence-electron chi connectivity index (χ4n) is 3.16. The third kappa shape index (κ3) is 3.54. The number of hydrogen-bond acceptors (Lipinski definition) is 3. The molecule has 2 unspecified atom stereocenters. The van der Waals surface area contributed by atoms with Crippen LogP contribution in [0.2, 0.25) is 10.0 Å². The maximum Gasteiger partial charge on any atom is 0.0771 e. The van der Waals surface area contributed by atoms with Gasteiger partial charge < -0.3 is 15.2 Å². The highest BCUT2D eigenvalue weighted by Crippen LogP contribution is 2.36. The van der Waals surface area contributed by atoms with Crippen LogP contribution < -0.4 is 5.32 Å². The van der Waals surface area contributed by atoms with Crippen LogP contribution in [0.5, 0.6) is 0 Å². The monoisotopic (exact) mass is 329 g/mol. The first-order valence-electron chi connectivity index (χ1n) is 7.56. The van der Waals surface area contributed by atoms with Crippen LogP contribution in [0.25, 0.3) is 0 Å². The second kappa shape index (κ2) is 6.43. The molecular formula is C16H21Cl2NO2. The Bertz CT molecular complexity index is 499. The standard InChI is InChI=1S/C16H21Cl2NO2/c17-12-2-3-14(18)13(8-12)15(11-4-7-21-9-11)19-10-16(20)5-1-6-16/h2-3,8,11,15,19-20H,1,4-7,9-10H2. The molecule has 1 aromatic carbocycles. The lowest BCUT2D eigenvalue weighted by Crippen LogP contribution is -2.48. The van der Waals surface area contributed by atoms with Gasteiger partial charge in [-0.15, -0.1) is 0 Å². The summed E-state index contributed by atoms with van der Waals surface area (Å²) in [6, 6.07) is 5.63. The number of nitrogens with one attached hydrogen (secondary N) is 1. The van der Waals surface area contributed by atoms with Crippen LogP contribution in [0, 0.1) is 5.92 Å². The van der Waals surface area contributed by atoms with Crippen LogP contribution in [-0.4, -0.2) is 30.5 Å². The van der Waals surface area contributed by atoms with Crippen LogP contribution in [0.3, 0.4) is 0 Å². The van der Waals surface area contributed by atoms with Crippen LogP contribution in [0.4, 0.5) is 0 Å². The van der Waals surface area contributed by atoms with Gasteiger partial charge >= 0.3 is 0 Å². The lowest BCUT2D eigenvalue weighted by Gasteiger charge is -2.39. The van der Waals surface area contributed by atoms with Crippen molar-refractivity contribution in [3.8, 4) is 0 Å². The largest absolute Gasteiger partial charge is 0.389 e. The molecule has 2 N–H and O–H groups in total. The minimum Gasteiger partial charge on any atom is -0.389 e. The first-order valence-corrected chi connectivity index (χ1v) is 8.31. The third-order valence-corrected chi connectivity index (χ3v) is 5.24. The molecule has 0 radical (unpaired) electrons. The molecule has 5 heteroatoms. The molecule has 1 aromatic rings. The van der Waals surface area contributed by atoms with Crippen molar-refractivity contribution < 1.29 is 9.84 Å². The summed E-state index contributed by atoms with van der Waals surface area (Å²) in [7, 11) is 0. The van der Waals surface area contributed by atoms with Crippen molar-refractivity contribution in [3.63, 3.8) is 0 Å². The number of halogens is 2. The minimum atomic E-state index is -0.553. The molecule has 0 spiro atoms. The van der Waals surface area contributed by atoms with Crippen molar-refractivity contribution in [1.29, 1.82) is 0 Å². The van der Waals surface area contributed by atoms with Crippen molar-refractivity contribution in [1.82, 2.24) is 5.32 Å². The molecule has 1 aliphatic carbocycles. The summed E-state index contributed by atoms with van der Waals surface area (Å²) < 4.78 is 5.52. The summed E-state index contributed by atoms with van der Waals surface area (Å²) in [5.41, 5.74) is 0.450. The van der Waals surface area contributed by atoms with Crippen LogP contribution in [-0.2, 0) is 4.74 Å². The molecule has 1 saturated heterocycles. The molecular weight excluding hydrogens is 309 g/mol. The van der Waals surface area contributed by atoms with Gasteiger partial charge in [-0.2, -0.15) is 0 Å². The van der Waals surface area contributed by atoms with Gasteiger partial charge in [-0.25, -0.2) is 0 Å². The van der Waals surface area contributed by atoms with Crippen molar-refractivity contribution in [3.05, 3.63) is 33.8 Å². The van der Waals surface area contributed by atoms with Gasteiger partial charge in [-0.05, 0) is 49.4 Å². The maximum absolute atomic E-state index is 10.3. The number of rotatable bonds is 5. The molecule has 2 aliphatic rings. The van der Waals surface area contributed by atoms with Crippen LogP contribution in [0.1, 0.15) is 37.3 Å². The lowest BCUT2D eigenvalue weighted by atomic mass is 9.79. The second-order valence-electron chi connectivity index (χ2n) is 6.23. The Labute approximate surface area is 135 Å². The van der Waals surface area contributed by atoms with E-state index in [1.807, 2.05) is 12.1 Å². The van der Waals surface area contributed by atoms with E-state index in [0.29, 0.717) is 22.5 Å². The Kier molecular flexibility index (Phi) is 4.77. The van der Waals surface area contributed by atoms with Gasteiger partial charge in [-0.1, -0.05) is 23.2 Å². The Balaban J connectivity index is 1.79. The average molecular weight is 330 g/mol. The number of benzene rings is 1. The Morgan fingerprint density at radius 1 is 1.38 bits per heavy atom. The number of hydrogen-bond donors (Lipinski definition) is 2. The predicted molar refractivity (Wildman–Crippen MR) is 84.9 cm³/mol. The molecule has 1 saturated carbocycles. The van der Waals surface area contributed by atoms with Crippen molar-refractivity contribution in [2.75, 3.05) is 19.8 Å². The number of aliphatic hydroxyl groups is 1. The van der Waals surface area contributed by atoms with Crippen molar-refractivity contribution in [2.24, 2.45) is 5.92 Å². The highest BCUT2D eigenvalue weighted by atomic mass is 35.5. The summed E-state index contributed by atoms with van der Waals surface area (Å²) >= 11 is 12.5. The van der Waals surface area contributed by atoms with Gasteiger partial charge in [0, 0.05) is 35.2 Å². The topological polar surface area (TPSA) is 41.5 Å². The van der Waals surface area contributed by atoms with E-state index in [1.165, 1.54) is 0 Å². The van der Waals surface area contributed by atoms with Gasteiger partial charge in [0.05, 0.1) is 12.2 Å². The van der Waals surface area contributed by atoms with E-state index in [2.05, 4.69) is 5.32 Å². The van der Waals surface area contributed by atoms with Crippen LogP contribution >= 0.6 is 23.2 Å². The molecule has 3 nitrogen and oxygen atoms in total. The molecule has 0 amide bonds. The highest BCUT2D eigenvalue weighted by molar-refractivity contribution is 6.33. The fraction of sp³-hybridized carbons (Fsp3) is 0.625. The summed E-state index contributed by atoms with van der Waals surface area (Å²) in [6.07, 6.45) is 3.85.